The van der Waals surface area contributed by atoms with Crippen molar-refractivity contribution >= 4 is 28.4 Å². The summed E-state index contributed by atoms with van der Waals surface area (Å²) in [7, 11) is 0. The van der Waals surface area contributed by atoms with Crippen LogP contribution in [0, 0.1) is 5.82 Å². The Labute approximate surface area is 203 Å². The minimum absolute atomic E-state index is 0.129. The predicted octanol–water partition coefficient (Wildman–Crippen LogP) is 4.82. The number of nitrogens with zero attached hydrogens (tertiary/aromatic N) is 6. The normalized spacial score (nSPS) is 17.7. The molecule has 2 fully saturated rings. The number of carbonyl (C=O) groups excluding carboxylic acids is 1. The number of hydrogen-bond donors (Lipinski definition) is 0. The number of anilines is 1. The predicted molar refractivity (Wildman–Crippen MR) is 133 cm³/mol. The van der Waals surface area contributed by atoms with Crippen LogP contribution in [0.4, 0.5) is 10.3 Å². The zero-order valence-electron chi connectivity index (χ0n) is 19.7. The summed E-state index contributed by atoms with van der Waals surface area (Å²) in [6.07, 6.45) is 6.78. The van der Waals surface area contributed by atoms with Crippen LogP contribution in [0.2, 0.25) is 0 Å². The average Bonchev–Trinajstić information content (AvgIpc) is 3.20. The lowest BCUT2D eigenvalue weighted by Crippen LogP contribution is -2.36. The Bertz CT molecular complexity index is 1380. The van der Waals surface area contributed by atoms with Gasteiger partial charge in [-0.2, -0.15) is 0 Å². The highest BCUT2D eigenvalue weighted by Gasteiger charge is 2.27. The number of carbonyl (C=O) groups is 1. The standard InChI is InChI=1S/C27H29FN6O/c28-21-11-6-10-20(18-21)26(35)32-14-7-15-33(17-16-32)27-29-23-13-5-4-12-22(23)25-31-30-24(34(25)27)19-8-2-1-3-9-19/h4-6,10-13,18-19H,1-3,7-9,14-17H2. The van der Waals surface area contributed by atoms with Gasteiger partial charge in [-0.15, -0.1) is 10.2 Å². The third-order valence-corrected chi connectivity index (χ3v) is 7.36. The van der Waals surface area contributed by atoms with Gasteiger partial charge in [-0.3, -0.25) is 4.79 Å². The SMILES string of the molecule is O=C(c1cccc(F)c1)N1CCCN(c2nc3ccccc3c3nnc(C4CCCCC4)n23)CC1. The molecule has 3 heterocycles. The summed E-state index contributed by atoms with van der Waals surface area (Å²) < 4.78 is 15.9. The van der Waals surface area contributed by atoms with Gasteiger partial charge in [0.2, 0.25) is 5.95 Å². The zero-order valence-corrected chi connectivity index (χ0v) is 19.7. The highest BCUT2D eigenvalue weighted by molar-refractivity contribution is 5.94. The van der Waals surface area contributed by atoms with Crippen LogP contribution in [-0.4, -0.2) is 56.6 Å². The maximum absolute atomic E-state index is 13.7. The summed E-state index contributed by atoms with van der Waals surface area (Å²) in [6, 6.07) is 14.0. The van der Waals surface area contributed by atoms with Gasteiger partial charge in [0.15, 0.2) is 5.65 Å². The molecule has 2 aliphatic rings. The lowest BCUT2D eigenvalue weighted by Gasteiger charge is -2.26. The van der Waals surface area contributed by atoms with E-state index in [1.165, 1.54) is 31.4 Å². The molecule has 1 saturated carbocycles. The Morgan fingerprint density at radius 3 is 2.60 bits per heavy atom. The Balaban J connectivity index is 1.36. The molecule has 1 saturated heterocycles. The number of aromatic nitrogens is 4. The summed E-state index contributed by atoms with van der Waals surface area (Å²) >= 11 is 0. The lowest BCUT2D eigenvalue weighted by molar-refractivity contribution is 0.0766. The Kier molecular flexibility index (Phi) is 5.80. The molecule has 0 radical (unpaired) electrons. The van der Waals surface area contributed by atoms with Gasteiger partial charge in [0, 0.05) is 43.0 Å². The van der Waals surface area contributed by atoms with Crippen molar-refractivity contribution in [1.29, 1.82) is 0 Å². The number of benzene rings is 2. The first-order chi connectivity index (χ1) is 17.2. The van der Waals surface area contributed by atoms with E-state index in [4.69, 9.17) is 4.98 Å². The molecule has 0 N–H and O–H groups in total. The van der Waals surface area contributed by atoms with Crippen molar-refractivity contribution < 1.29 is 9.18 Å². The molecular formula is C27H29FN6O. The molecule has 7 nitrogen and oxygen atoms in total. The van der Waals surface area contributed by atoms with Crippen molar-refractivity contribution in [2.75, 3.05) is 31.1 Å². The molecule has 2 aromatic carbocycles. The Morgan fingerprint density at radius 1 is 0.886 bits per heavy atom. The molecule has 6 rings (SSSR count). The summed E-state index contributed by atoms with van der Waals surface area (Å²) in [5.74, 6) is 1.72. The number of fused-ring (bicyclic) bond motifs is 3. The number of rotatable bonds is 3. The van der Waals surface area contributed by atoms with E-state index in [2.05, 4.69) is 25.6 Å². The minimum atomic E-state index is -0.391. The van der Waals surface area contributed by atoms with E-state index >= 15 is 0 Å². The van der Waals surface area contributed by atoms with Crippen molar-refractivity contribution in [3.63, 3.8) is 0 Å². The van der Waals surface area contributed by atoms with E-state index < -0.39 is 5.82 Å². The second kappa shape index (κ2) is 9.24. The van der Waals surface area contributed by atoms with Gasteiger partial charge in [0.1, 0.15) is 11.6 Å². The number of hydrogen-bond acceptors (Lipinski definition) is 5. The van der Waals surface area contributed by atoms with Crippen LogP contribution in [0.3, 0.4) is 0 Å². The molecule has 1 aliphatic carbocycles. The van der Waals surface area contributed by atoms with E-state index in [1.54, 1.807) is 12.1 Å². The second-order valence-electron chi connectivity index (χ2n) is 9.62. The van der Waals surface area contributed by atoms with Crippen molar-refractivity contribution in [1.82, 2.24) is 24.5 Å². The monoisotopic (exact) mass is 472 g/mol. The summed E-state index contributed by atoms with van der Waals surface area (Å²) in [6.45, 7) is 2.59. The van der Waals surface area contributed by atoms with Gasteiger partial charge in [0.05, 0.1) is 5.52 Å². The smallest absolute Gasteiger partial charge is 0.254 e. The van der Waals surface area contributed by atoms with Crippen molar-refractivity contribution in [3.05, 3.63) is 65.7 Å². The van der Waals surface area contributed by atoms with Gasteiger partial charge in [0.25, 0.3) is 5.91 Å². The summed E-state index contributed by atoms with van der Waals surface area (Å²) in [5.41, 5.74) is 2.14. The average molecular weight is 473 g/mol. The molecule has 35 heavy (non-hydrogen) atoms. The van der Waals surface area contributed by atoms with Gasteiger partial charge in [-0.25, -0.2) is 13.8 Å². The van der Waals surface area contributed by atoms with Crippen LogP contribution < -0.4 is 4.90 Å². The first-order valence-electron chi connectivity index (χ1n) is 12.6. The Morgan fingerprint density at radius 2 is 1.74 bits per heavy atom. The molecule has 4 aromatic rings. The van der Waals surface area contributed by atoms with Crippen molar-refractivity contribution in [3.8, 4) is 0 Å². The second-order valence-corrected chi connectivity index (χ2v) is 9.62. The molecule has 2 aromatic heterocycles. The first-order valence-corrected chi connectivity index (χ1v) is 12.6. The van der Waals surface area contributed by atoms with E-state index in [0.29, 0.717) is 31.1 Å². The van der Waals surface area contributed by atoms with Crippen LogP contribution in [-0.2, 0) is 0 Å². The van der Waals surface area contributed by atoms with E-state index in [9.17, 15) is 9.18 Å². The van der Waals surface area contributed by atoms with E-state index in [1.807, 2.05) is 23.1 Å². The lowest BCUT2D eigenvalue weighted by atomic mass is 9.89. The van der Waals surface area contributed by atoms with Gasteiger partial charge >= 0.3 is 0 Å². The maximum atomic E-state index is 13.7. The third kappa shape index (κ3) is 4.11. The van der Waals surface area contributed by atoms with Crippen LogP contribution in [0.15, 0.2) is 48.5 Å². The molecule has 8 heteroatoms. The zero-order chi connectivity index (χ0) is 23.8. The fourth-order valence-corrected chi connectivity index (χ4v) is 5.55. The molecular weight excluding hydrogens is 443 g/mol. The molecule has 1 amide bonds. The molecule has 1 aliphatic heterocycles. The number of amides is 1. The highest BCUT2D eigenvalue weighted by atomic mass is 19.1. The molecule has 0 spiro atoms. The van der Waals surface area contributed by atoms with Gasteiger partial charge < -0.3 is 9.80 Å². The van der Waals surface area contributed by atoms with E-state index in [0.717, 1.165) is 54.1 Å². The summed E-state index contributed by atoms with van der Waals surface area (Å²) in [5, 5.41) is 10.3. The fourth-order valence-electron chi connectivity index (χ4n) is 5.55. The number of para-hydroxylation sites is 1. The summed E-state index contributed by atoms with van der Waals surface area (Å²) in [4.78, 5) is 22.2. The fraction of sp³-hybridized carbons (Fsp3) is 0.407. The van der Waals surface area contributed by atoms with Gasteiger partial charge in [-0.1, -0.05) is 37.5 Å². The minimum Gasteiger partial charge on any atom is -0.340 e. The molecule has 0 bridgehead atoms. The van der Waals surface area contributed by atoms with Crippen LogP contribution in [0.1, 0.15) is 60.6 Å². The first kappa shape index (κ1) is 21.9. The topological polar surface area (TPSA) is 66.6 Å². The van der Waals surface area contributed by atoms with Crippen LogP contribution in [0.5, 0.6) is 0 Å². The van der Waals surface area contributed by atoms with Crippen LogP contribution in [0.25, 0.3) is 16.6 Å². The highest BCUT2D eigenvalue weighted by Crippen LogP contribution is 2.34. The van der Waals surface area contributed by atoms with Crippen molar-refractivity contribution in [2.24, 2.45) is 0 Å². The third-order valence-electron chi connectivity index (χ3n) is 7.36. The quantitative estimate of drug-likeness (QED) is 0.428. The number of halogens is 1. The van der Waals surface area contributed by atoms with Crippen LogP contribution >= 0.6 is 0 Å². The maximum Gasteiger partial charge on any atom is 0.254 e. The van der Waals surface area contributed by atoms with E-state index in [-0.39, 0.29) is 5.91 Å². The molecule has 0 unspecified atom stereocenters. The largest absolute Gasteiger partial charge is 0.340 e. The Hall–Kier alpha value is -3.55. The van der Waals surface area contributed by atoms with Gasteiger partial charge in [-0.05, 0) is 49.6 Å². The molecule has 0 atom stereocenters. The molecule has 180 valence electrons. The van der Waals surface area contributed by atoms with Crippen molar-refractivity contribution in [2.45, 2.75) is 44.4 Å².